The number of aromatic nitrogens is 4. The first-order chi connectivity index (χ1) is 49.8. The predicted molar refractivity (Wildman–Crippen MR) is 387 cm³/mol. The maximum Gasteiger partial charge on any atom is 0.409 e. The van der Waals surface area contributed by atoms with Gasteiger partial charge < -0.3 is 64.6 Å². The van der Waals surface area contributed by atoms with Gasteiger partial charge in [-0.1, -0.05) is 82.4 Å². The fourth-order valence-corrected chi connectivity index (χ4v) is 15.5. The van der Waals surface area contributed by atoms with Crippen LogP contribution < -0.4 is 31.5 Å². The Kier molecular flexibility index (Phi) is 26.2. The number of imide groups is 1. The summed E-state index contributed by atoms with van der Waals surface area (Å²) in [6, 6.07) is 23.0. The molecule has 6 N–H and O–H groups in total. The van der Waals surface area contributed by atoms with Crippen LogP contribution in [0.3, 0.4) is 0 Å². The van der Waals surface area contributed by atoms with E-state index in [1.165, 1.54) is 28.4 Å². The third-order valence-electron chi connectivity index (χ3n) is 19.2. The van der Waals surface area contributed by atoms with E-state index in [1.54, 1.807) is 51.4 Å². The Morgan fingerprint density at radius 3 is 2.17 bits per heavy atom. The summed E-state index contributed by atoms with van der Waals surface area (Å²) in [5.41, 5.74) is 5.99. The van der Waals surface area contributed by atoms with Crippen LogP contribution in [0, 0.1) is 29.1 Å². The SMILES string of the molecule is Cc1c(-c2ccc(N3CCc4cccc(C(=O)Nc5nc6ccccc6s5)c4C3)nc2C(=O)O)cnn1CC12CC(OCCN(C)C(=O)OCc3ccc(NC(=O)CNC(=O)C(NC(=O)CCOCCOCCOCCOCCNC(=O)CCN4C(=O)C=CC4=O)C(C)C)cc3)C(C)(CC(C)(C)C1)C2. The maximum absolute atomic E-state index is 13.8. The zero-order valence-corrected chi connectivity index (χ0v) is 60.9. The molecule has 3 aromatic carbocycles. The minimum absolute atomic E-state index is 0.000435. The lowest BCUT2D eigenvalue weighted by atomic mass is 9.59. The number of carboxylic acids is 1. The molecule has 0 radical (unpaired) electrons. The maximum atomic E-state index is 13.8. The number of nitrogens with one attached hydrogen (secondary N) is 5. The van der Waals surface area contributed by atoms with Crippen LogP contribution in [0.2, 0.25) is 0 Å². The van der Waals surface area contributed by atoms with Gasteiger partial charge in [-0.05, 0) is 120 Å². The topological polar surface area (TPSA) is 343 Å². The average molecular weight is 1450 g/mol. The highest BCUT2D eigenvalue weighted by molar-refractivity contribution is 7.22. The molecule has 2 saturated carbocycles. The molecule has 4 atom stereocenters. The number of hydrogen-bond donors (Lipinski definition) is 6. The number of ether oxygens (including phenoxy) is 6. The van der Waals surface area contributed by atoms with Gasteiger partial charge in [0.1, 0.15) is 18.5 Å². The molecule has 6 aromatic rings. The van der Waals surface area contributed by atoms with Crippen molar-refractivity contribution in [3.63, 3.8) is 0 Å². The molecule has 0 spiro atoms. The molecule has 104 heavy (non-hydrogen) atoms. The Bertz CT molecular complexity index is 4070. The van der Waals surface area contributed by atoms with E-state index in [9.17, 15) is 48.3 Å². The van der Waals surface area contributed by atoms with Gasteiger partial charge in [0.2, 0.25) is 23.6 Å². The summed E-state index contributed by atoms with van der Waals surface area (Å²) in [4.78, 5) is 128. The van der Waals surface area contributed by atoms with Gasteiger partial charge in [-0.2, -0.15) is 5.10 Å². The van der Waals surface area contributed by atoms with Crippen molar-refractivity contribution in [3.8, 4) is 11.1 Å². The van der Waals surface area contributed by atoms with Crippen molar-refractivity contribution in [1.82, 2.24) is 45.5 Å². The van der Waals surface area contributed by atoms with Gasteiger partial charge in [0, 0.05) is 99.4 Å². The van der Waals surface area contributed by atoms with Crippen LogP contribution in [0.4, 0.5) is 21.4 Å². The molecule has 556 valence electrons. The van der Waals surface area contributed by atoms with Gasteiger partial charge in [-0.15, -0.1) is 0 Å². The van der Waals surface area contributed by atoms with Gasteiger partial charge in [0.15, 0.2) is 10.8 Å². The Morgan fingerprint density at radius 1 is 0.750 bits per heavy atom. The van der Waals surface area contributed by atoms with E-state index in [0.29, 0.717) is 105 Å². The number of carbonyl (C=O) groups excluding carboxylic acids is 8. The summed E-state index contributed by atoms with van der Waals surface area (Å²) in [5, 5.41) is 29.9. The summed E-state index contributed by atoms with van der Waals surface area (Å²) in [5.74, 6) is -3.75. The van der Waals surface area contributed by atoms with Crippen molar-refractivity contribution in [3.05, 3.63) is 131 Å². The van der Waals surface area contributed by atoms with E-state index in [-0.39, 0.29) is 111 Å². The van der Waals surface area contributed by atoms with E-state index in [4.69, 9.17) is 38.5 Å². The first-order valence-electron chi connectivity index (χ1n) is 35.2. The van der Waals surface area contributed by atoms with E-state index in [2.05, 4.69) is 52.3 Å². The van der Waals surface area contributed by atoms with Gasteiger partial charge in [0.05, 0.1) is 88.5 Å². The molecule has 2 aliphatic heterocycles. The van der Waals surface area contributed by atoms with Crippen molar-refractivity contribution >= 4 is 91.6 Å². The molecular formula is C75H94N12O16S. The average Bonchev–Trinajstić information content (AvgIpc) is 1.56. The highest BCUT2D eigenvalue weighted by Gasteiger charge is 2.60. The number of amides is 8. The summed E-state index contributed by atoms with van der Waals surface area (Å²) < 4.78 is 37.3. The fraction of sp³-hybridized carbons (Fsp3) is 0.493. The van der Waals surface area contributed by atoms with Gasteiger partial charge in [0.25, 0.3) is 17.7 Å². The monoisotopic (exact) mass is 1450 g/mol. The standard InChI is InChI=1S/C75H94N12O16S/c1-48(2)66(82-62(89)25-30-98-33-35-100-37-38-101-36-34-99-31-26-76-61(88)24-28-86-64(91)21-22-65(86)92)69(94)77-41-63(90)79-52-17-15-50(16-18-52)43-103-72(97)84(7)29-32-102-59-39-75(45-73(4,5)44-74(59,6)46-75)47-87-49(3)55(40-78-87)53-19-20-60(81-67(53)70(95)96)85-27-23-51-11-10-12-54(56(51)42-85)68(93)83-71-80-57-13-8-9-14-58(57)104-71/h8-22,40,48,59,66H,23-39,41-47H2,1-7H3,(H,76,88)(H,77,94)(H,79,90)(H,82,89)(H,95,96)(H,80,83,93). The van der Waals surface area contributed by atoms with Gasteiger partial charge >= 0.3 is 12.1 Å². The number of pyridine rings is 1. The van der Waals surface area contributed by atoms with Crippen molar-refractivity contribution in [2.75, 3.05) is 115 Å². The molecule has 5 heterocycles. The van der Waals surface area contributed by atoms with Gasteiger partial charge in [-0.25, -0.2) is 19.6 Å². The lowest BCUT2D eigenvalue weighted by Crippen LogP contribution is -2.51. The number of nitrogens with zero attached hydrogens (tertiary/aromatic N) is 7. The van der Waals surface area contributed by atoms with E-state index in [1.807, 2.05) is 71.1 Å². The van der Waals surface area contributed by atoms with Crippen molar-refractivity contribution < 1.29 is 76.7 Å². The predicted octanol–water partition coefficient (Wildman–Crippen LogP) is 7.72. The number of fused-ring (bicyclic) bond motifs is 4. The lowest BCUT2D eigenvalue weighted by molar-refractivity contribution is -0.137. The number of rotatable bonds is 37. The molecule has 0 saturated heterocycles. The highest BCUT2D eigenvalue weighted by atomic mass is 32.1. The van der Waals surface area contributed by atoms with Crippen LogP contribution in [0.1, 0.15) is 116 Å². The molecule has 8 amide bonds. The molecule has 4 aliphatic rings. The quantitative estimate of drug-likeness (QED) is 0.0160. The lowest BCUT2D eigenvalue weighted by Gasteiger charge is -2.47. The summed E-state index contributed by atoms with van der Waals surface area (Å²) in [6.07, 6.45) is 7.72. The van der Waals surface area contributed by atoms with E-state index in [0.717, 1.165) is 57.6 Å². The van der Waals surface area contributed by atoms with Crippen molar-refractivity contribution in [2.45, 2.75) is 118 Å². The van der Waals surface area contributed by atoms with Gasteiger partial charge in [-0.3, -0.25) is 48.5 Å². The third kappa shape index (κ3) is 20.5. The molecule has 28 nitrogen and oxygen atoms in total. The molecule has 2 bridgehead atoms. The van der Waals surface area contributed by atoms with E-state index >= 15 is 0 Å². The molecule has 29 heteroatoms. The first kappa shape index (κ1) is 77.1. The highest BCUT2D eigenvalue weighted by Crippen LogP contribution is 2.65. The summed E-state index contributed by atoms with van der Waals surface area (Å²) in [7, 11) is 1.67. The number of benzene rings is 3. The molecule has 4 unspecified atom stereocenters. The largest absolute Gasteiger partial charge is 0.476 e. The van der Waals surface area contributed by atoms with Crippen LogP contribution >= 0.6 is 11.3 Å². The second-order valence-corrected chi connectivity index (χ2v) is 29.4. The zero-order valence-electron chi connectivity index (χ0n) is 60.0. The number of carbonyl (C=O) groups is 9. The molecule has 3 aromatic heterocycles. The number of carboxylic acid groups (broad SMARTS) is 1. The summed E-state index contributed by atoms with van der Waals surface area (Å²) >= 11 is 1.41. The van der Waals surface area contributed by atoms with Crippen molar-refractivity contribution in [2.24, 2.45) is 22.2 Å². The fourth-order valence-electron chi connectivity index (χ4n) is 14.6. The molecule has 2 aliphatic carbocycles. The second kappa shape index (κ2) is 35.3. The third-order valence-corrected chi connectivity index (χ3v) is 20.1. The number of thiazole rings is 1. The van der Waals surface area contributed by atoms with Crippen LogP contribution in [0.15, 0.2) is 97.2 Å². The molecule has 10 rings (SSSR count). The molecule has 2 fully saturated rings. The van der Waals surface area contributed by atoms with E-state index < -0.39 is 47.6 Å². The normalized spacial score (nSPS) is 18.3. The minimum Gasteiger partial charge on any atom is -0.476 e. The minimum atomic E-state index is -1.16. The Hall–Kier alpha value is -9.52. The number of aromatic carboxylic acids is 1. The molecular weight excluding hydrogens is 1360 g/mol. The van der Waals surface area contributed by atoms with Crippen LogP contribution in [-0.2, 0) is 83.3 Å². The Labute approximate surface area is 608 Å². The number of anilines is 3. The number of likely N-dealkylation sites (N-methyl/N-ethyl adjacent to an activating group) is 1. The Morgan fingerprint density at radius 2 is 1.46 bits per heavy atom. The zero-order chi connectivity index (χ0) is 74.1. The number of hydrogen-bond acceptors (Lipinski definition) is 20. The smallest absolute Gasteiger partial charge is 0.409 e. The van der Waals surface area contributed by atoms with Crippen LogP contribution in [0.5, 0.6) is 0 Å². The van der Waals surface area contributed by atoms with Crippen LogP contribution in [0.25, 0.3) is 21.3 Å². The van der Waals surface area contributed by atoms with Crippen LogP contribution in [-0.4, -0.2) is 199 Å². The summed E-state index contributed by atoms with van der Waals surface area (Å²) in [6.45, 7) is 16.7. The first-order valence-corrected chi connectivity index (χ1v) is 36.0. The number of para-hydroxylation sites is 1. The Balaban J connectivity index is 0.598. The second-order valence-electron chi connectivity index (χ2n) is 28.3. The van der Waals surface area contributed by atoms with Crippen molar-refractivity contribution in [1.29, 1.82) is 0 Å².